The molecule has 1 N–H and O–H groups in total. The molecule has 0 radical (unpaired) electrons. The van der Waals surface area contributed by atoms with E-state index in [0.717, 1.165) is 4.47 Å². The molecule has 20 heavy (non-hydrogen) atoms. The Bertz CT molecular complexity index is 720. The molecule has 4 nitrogen and oxygen atoms in total. The maximum Gasteiger partial charge on any atom is 0.266 e. The van der Waals surface area contributed by atoms with Crippen molar-refractivity contribution in [3.63, 3.8) is 0 Å². The number of carbonyl (C=O) groups excluding carboxylic acids is 1. The van der Waals surface area contributed by atoms with E-state index in [4.69, 9.17) is 0 Å². The van der Waals surface area contributed by atoms with Crippen molar-refractivity contribution < 1.29 is 13.2 Å². The summed E-state index contributed by atoms with van der Waals surface area (Å²) in [7, 11) is -3.21. The van der Waals surface area contributed by atoms with Crippen LogP contribution in [0.4, 0.5) is 5.69 Å². The number of rotatable bonds is 4. The van der Waals surface area contributed by atoms with E-state index in [1.807, 2.05) is 5.38 Å². The van der Waals surface area contributed by atoms with Crippen LogP contribution in [0.25, 0.3) is 0 Å². The molecule has 0 bridgehead atoms. The van der Waals surface area contributed by atoms with E-state index < -0.39 is 9.84 Å². The Labute approximate surface area is 129 Å². The van der Waals surface area contributed by atoms with Gasteiger partial charge in [0.25, 0.3) is 5.91 Å². The molecule has 7 heteroatoms. The van der Waals surface area contributed by atoms with Gasteiger partial charge >= 0.3 is 0 Å². The van der Waals surface area contributed by atoms with Crippen LogP contribution in [0.2, 0.25) is 0 Å². The van der Waals surface area contributed by atoms with Gasteiger partial charge in [0.2, 0.25) is 0 Å². The molecule has 1 aromatic heterocycles. The zero-order valence-corrected chi connectivity index (χ0v) is 13.8. The summed E-state index contributed by atoms with van der Waals surface area (Å²) in [6.07, 6.45) is 0. The zero-order chi connectivity index (χ0) is 14.8. The van der Waals surface area contributed by atoms with Crippen LogP contribution in [-0.4, -0.2) is 20.1 Å². The van der Waals surface area contributed by atoms with Crippen molar-refractivity contribution in [3.8, 4) is 0 Å². The second-order valence-corrected chi connectivity index (χ2v) is 8.03. The molecule has 0 aliphatic carbocycles. The van der Waals surface area contributed by atoms with Crippen LogP contribution in [-0.2, 0) is 9.84 Å². The molecule has 0 saturated heterocycles. The Morgan fingerprint density at radius 1 is 1.25 bits per heavy atom. The molecule has 0 saturated carbocycles. The van der Waals surface area contributed by atoms with Gasteiger partial charge in [-0.25, -0.2) is 8.42 Å². The molecule has 1 aromatic carbocycles. The summed E-state index contributed by atoms with van der Waals surface area (Å²) in [5.74, 6) is -0.168. The lowest BCUT2D eigenvalue weighted by molar-refractivity contribution is 0.103. The van der Waals surface area contributed by atoms with Crippen LogP contribution in [0.5, 0.6) is 0 Å². The molecule has 106 valence electrons. The first-order valence-electron chi connectivity index (χ1n) is 5.81. The number of benzene rings is 1. The normalized spacial score (nSPS) is 11.3. The van der Waals surface area contributed by atoms with Gasteiger partial charge in [0, 0.05) is 10.2 Å². The quantitative estimate of drug-likeness (QED) is 0.890. The number of nitrogens with one attached hydrogen (secondary N) is 1. The number of hydrogen-bond donors (Lipinski definition) is 1. The molecule has 1 amide bonds. The molecule has 0 fully saturated rings. The first kappa shape index (κ1) is 15.2. The fourth-order valence-corrected chi connectivity index (χ4v) is 3.89. The predicted molar refractivity (Wildman–Crippen MR) is 84.1 cm³/mol. The average Bonchev–Trinajstić information content (AvgIpc) is 2.85. The van der Waals surface area contributed by atoms with Crippen molar-refractivity contribution in [3.05, 3.63) is 45.1 Å². The fraction of sp³-hybridized carbons (Fsp3) is 0.154. The van der Waals surface area contributed by atoms with Gasteiger partial charge in [-0.2, -0.15) is 0 Å². The lowest BCUT2D eigenvalue weighted by Gasteiger charge is -2.06. The maximum atomic E-state index is 12.0. The number of sulfone groups is 1. The van der Waals surface area contributed by atoms with Crippen LogP contribution in [0.1, 0.15) is 16.6 Å². The Balaban J connectivity index is 2.16. The largest absolute Gasteiger partial charge is 0.321 e. The standard InChI is InChI=1S/C13H12BrNO3S2/c1-2-20(17,18)10-5-3-9(4-6-10)15-13(16)12-11(14)7-8-19-12/h3-8H,2H2,1H3,(H,15,16). The van der Waals surface area contributed by atoms with Gasteiger partial charge in [0.05, 0.1) is 10.6 Å². The summed E-state index contributed by atoms with van der Waals surface area (Å²) >= 11 is 4.63. The zero-order valence-electron chi connectivity index (χ0n) is 10.6. The van der Waals surface area contributed by atoms with Gasteiger partial charge in [-0.05, 0) is 51.6 Å². The highest BCUT2D eigenvalue weighted by Gasteiger charge is 2.13. The molecule has 1 heterocycles. The lowest BCUT2D eigenvalue weighted by Crippen LogP contribution is -2.11. The van der Waals surface area contributed by atoms with Crippen molar-refractivity contribution >= 4 is 48.7 Å². The highest BCUT2D eigenvalue weighted by Crippen LogP contribution is 2.24. The van der Waals surface area contributed by atoms with E-state index in [9.17, 15) is 13.2 Å². The van der Waals surface area contributed by atoms with E-state index in [2.05, 4.69) is 21.2 Å². The van der Waals surface area contributed by atoms with Gasteiger partial charge < -0.3 is 5.32 Å². The third-order valence-corrected chi connectivity index (χ3v) is 6.26. The second-order valence-electron chi connectivity index (χ2n) is 3.98. The number of anilines is 1. The van der Waals surface area contributed by atoms with E-state index in [-0.39, 0.29) is 16.6 Å². The number of carbonyl (C=O) groups is 1. The SMILES string of the molecule is CCS(=O)(=O)c1ccc(NC(=O)c2sccc2Br)cc1. The monoisotopic (exact) mass is 373 g/mol. The minimum absolute atomic E-state index is 0.0564. The summed E-state index contributed by atoms with van der Waals surface area (Å²) in [5.41, 5.74) is 0.561. The predicted octanol–water partition coefficient (Wildman–Crippen LogP) is 3.56. The van der Waals surface area contributed by atoms with Crippen molar-refractivity contribution in [1.29, 1.82) is 0 Å². The van der Waals surface area contributed by atoms with Crippen molar-refractivity contribution in [2.24, 2.45) is 0 Å². The Morgan fingerprint density at radius 2 is 1.90 bits per heavy atom. The van der Waals surface area contributed by atoms with E-state index in [1.165, 1.54) is 23.5 Å². The molecule has 0 unspecified atom stereocenters. The Kier molecular flexibility index (Phi) is 4.62. The highest BCUT2D eigenvalue weighted by molar-refractivity contribution is 9.10. The summed E-state index contributed by atoms with van der Waals surface area (Å²) in [6, 6.07) is 7.97. The van der Waals surface area contributed by atoms with Gasteiger partial charge in [0.15, 0.2) is 9.84 Å². The van der Waals surface area contributed by atoms with E-state index in [1.54, 1.807) is 25.1 Å². The Hall–Kier alpha value is -1.18. The van der Waals surface area contributed by atoms with Crippen molar-refractivity contribution in [1.82, 2.24) is 0 Å². The van der Waals surface area contributed by atoms with Gasteiger partial charge in [-0.3, -0.25) is 4.79 Å². The van der Waals surface area contributed by atoms with Crippen LogP contribution in [0, 0.1) is 0 Å². The average molecular weight is 374 g/mol. The third kappa shape index (κ3) is 3.28. The van der Waals surface area contributed by atoms with Crippen LogP contribution in [0.15, 0.2) is 45.1 Å². The highest BCUT2D eigenvalue weighted by atomic mass is 79.9. The molecular formula is C13H12BrNO3S2. The van der Waals surface area contributed by atoms with Crippen molar-refractivity contribution in [2.75, 3.05) is 11.1 Å². The number of thiophene rings is 1. The molecule has 2 rings (SSSR count). The van der Waals surface area contributed by atoms with E-state index in [0.29, 0.717) is 10.6 Å². The van der Waals surface area contributed by atoms with Gasteiger partial charge in [0.1, 0.15) is 4.88 Å². The summed E-state index contributed by atoms with van der Waals surface area (Å²) < 4.78 is 24.1. The van der Waals surface area contributed by atoms with E-state index >= 15 is 0 Å². The number of hydrogen-bond acceptors (Lipinski definition) is 4. The van der Waals surface area contributed by atoms with Crippen molar-refractivity contribution in [2.45, 2.75) is 11.8 Å². The summed E-state index contributed by atoms with van der Waals surface area (Å²) in [5, 5.41) is 4.54. The minimum Gasteiger partial charge on any atom is -0.321 e. The molecule has 0 aliphatic heterocycles. The van der Waals surface area contributed by atoms with Crippen LogP contribution < -0.4 is 5.32 Å². The maximum absolute atomic E-state index is 12.0. The number of amides is 1. The number of halogens is 1. The third-order valence-electron chi connectivity index (χ3n) is 2.67. The second kappa shape index (κ2) is 6.07. The van der Waals surface area contributed by atoms with Crippen LogP contribution in [0.3, 0.4) is 0 Å². The molecule has 2 aromatic rings. The molecule has 0 spiro atoms. The summed E-state index contributed by atoms with van der Waals surface area (Å²) in [6.45, 7) is 1.60. The summed E-state index contributed by atoms with van der Waals surface area (Å²) in [4.78, 5) is 12.8. The fourth-order valence-electron chi connectivity index (χ4n) is 1.56. The first-order valence-corrected chi connectivity index (χ1v) is 9.13. The molecule has 0 atom stereocenters. The Morgan fingerprint density at radius 3 is 2.40 bits per heavy atom. The molecule has 0 aliphatic rings. The molecular weight excluding hydrogens is 362 g/mol. The van der Waals surface area contributed by atoms with Crippen LogP contribution >= 0.6 is 27.3 Å². The van der Waals surface area contributed by atoms with Gasteiger partial charge in [-0.15, -0.1) is 11.3 Å². The minimum atomic E-state index is -3.21. The lowest BCUT2D eigenvalue weighted by atomic mass is 10.3. The van der Waals surface area contributed by atoms with Gasteiger partial charge in [-0.1, -0.05) is 6.92 Å². The first-order chi connectivity index (χ1) is 9.44. The topological polar surface area (TPSA) is 63.2 Å². The smallest absolute Gasteiger partial charge is 0.266 e.